The average Bonchev–Trinajstić information content (AvgIpc) is 2.91. The Hall–Kier alpha value is -2.28. The quantitative estimate of drug-likeness (QED) is 0.363. The van der Waals surface area contributed by atoms with Gasteiger partial charge in [0.05, 0.1) is 0 Å². The molecule has 0 bridgehead atoms. The van der Waals surface area contributed by atoms with Crippen molar-refractivity contribution in [1.82, 2.24) is 0 Å². The summed E-state index contributed by atoms with van der Waals surface area (Å²) < 4.78 is 6.34. The molecule has 0 spiro atoms. The first-order valence-corrected chi connectivity index (χ1v) is 8.75. The summed E-state index contributed by atoms with van der Waals surface area (Å²) in [5.41, 5.74) is 4.83. The lowest BCUT2D eigenvalue weighted by molar-refractivity contribution is 0.594. The number of benzene rings is 3. The van der Waals surface area contributed by atoms with E-state index in [1.54, 1.807) is 0 Å². The summed E-state index contributed by atoms with van der Waals surface area (Å²) >= 11 is 0. The Labute approximate surface area is 143 Å². The molecular weight excluding hydrogens is 292 g/mol. The van der Waals surface area contributed by atoms with Gasteiger partial charge in [0.15, 0.2) is 0 Å². The molecule has 1 aromatic heterocycles. The van der Waals surface area contributed by atoms with Crippen molar-refractivity contribution in [2.75, 3.05) is 0 Å². The minimum Gasteiger partial charge on any atom is -0.455 e. The molecule has 0 aliphatic carbocycles. The average molecular weight is 316 g/mol. The second-order valence-electron chi connectivity index (χ2n) is 8.07. The predicted molar refractivity (Wildman–Crippen MR) is 104 cm³/mol. The molecule has 0 unspecified atom stereocenters. The Morgan fingerprint density at radius 1 is 0.833 bits per heavy atom. The lowest BCUT2D eigenvalue weighted by Gasteiger charge is -2.20. The standard InChI is InChI=1S/C23H24O/c1-14(2)17-13-18-21-19(23(3,4)5)11-8-12-20(21)24-22(18)16-10-7-6-9-15(16)17/h6-14H,1-5H3. The lowest BCUT2D eigenvalue weighted by atomic mass is 9.83. The number of hydrogen-bond acceptors (Lipinski definition) is 1. The van der Waals surface area contributed by atoms with Crippen molar-refractivity contribution >= 4 is 32.7 Å². The first-order chi connectivity index (χ1) is 11.4. The molecule has 0 N–H and O–H groups in total. The van der Waals surface area contributed by atoms with Gasteiger partial charge in [-0.1, -0.05) is 71.0 Å². The summed E-state index contributed by atoms with van der Waals surface area (Å²) in [7, 11) is 0. The van der Waals surface area contributed by atoms with E-state index in [4.69, 9.17) is 4.42 Å². The van der Waals surface area contributed by atoms with Crippen LogP contribution in [0.15, 0.2) is 52.9 Å². The van der Waals surface area contributed by atoms with Gasteiger partial charge >= 0.3 is 0 Å². The maximum atomic E-state index is 6.34. The van der Waals surface area contributed by atoms with Gasteiger partial charge in [0.25, 0.3) is 0 Å². The van der Waals surface area contributed by atoms with Crippen molar-refractivity contribution in [1.29, 1.82) is 0 Å². The van der Waals surface area contributed by atoms with Crippen LogP contribution in [0.2, 0.25) is 0 Å². The molecule has 4 aromatic rings. The van der Waals surface area contributed by atoms with Gasteiger partial charge in [-0.05, 0) is 40.0 Å². The van der Waals surface area contributed by atoms with Gasteiger partial charge in [0.2, 0.25) is 0 Å². The second-order valence-corrected chi connectivity index (χ2v) is 8.07. The molecule has 4 rings (SSSR count). The molecule has 0 radical (unpaired) electrons. The topological polar surface area (TPSA) is 13.1 Å². The number of rotatable bonds is 1. The fourth-order valence-electron chi connectivity index (χ4n) is 3.78. The minimum atomic E-state index is 0.0833. The fraction of sp³-hybridized carbons (Fsp3) is 0.304. The smallest absolute Gasteiger partial charge is 0.143 e. The SMILES string of the molecule is CC(C)c1cc2c(oc3cccc(C(C)(C)C)c32)c2ccccc12. The van der Waals surface area contributed by atoms with Crippen molar-refractivity contribution in [3.8, 4) is 0 Å². The number of furan rings is 1. The van der Waals surface area contributed by atoms with Crippen LogP contribution in [0.1, 0.15) is 51.7 Å². The summed E-state index contributed by atoms with van der Waals surface area (Å²) in [4.78, 5) is 0. The van der Waals surface area contributed by atoms with E-state index >= 15 is 0 Å². The first kappa shape index (κ1) is 15.3. The maximum absolute atomic E-state index is 6.34. The third kappa shape index (κ3) is 2.15. The first-order valence-electron chi connectivity index (χ1n) is 8.75. The Balaban J connectivity index is 2.27. The van der Waals surface area contributed by atoms with E-state index < -0.39 is 0 Å². The van der Waals surface area contributed by atoms with Crippen LogP contribution in [0, 0.1) is 0 Å². The molecule has 0 fully saturated rings. The van der Waals surface area contributed by atoms with E-state index in [2.05, 4.69) is 83.1 Å². The zero-order valence-corrected chi connectivity index (χ0v) is 15.1. The molecule has 1 nitrogen and oxygen atoms in total. The third-order valence-electron chi connectivity index (χ3n) is 4.96. The van der Waals surface area contributed by atoms with Gasteiger partial charge < -0.3 is 4.42 Å². The molecule has 1 heteroatoms. The van der Waals surface area contributed by atoms with Crippen molar-refractivity contribution in [3.63, 3.8) is 0 Å². The van der Waals surface area contributed by atoms with E-state index in [0.717, 1.165) is 11.2 Å². The number of hydrogen-bond donors (Lipinski definition) is 0. The largest absolute Gasteiger partial charge is 0.455 e. The summed E-state index contributed by atoms with van der Waals surface area (Å²) in [5.74, 6) is 0.478. The second kappa shape index (κ2) is 5.11. The van der Waals surface area contributed by atoms with Crippen LogP contribution in [0.5, 0.6) is 0 Å². The minimum absolute atomic E-state index is 0.0833. The highest BCUT2D eigenvalue weighted by atomic mass is 16.3. The third-order valence-corrected chi connectivity index (χ3v) is 4.96. The summed E-state index contributed by atoms with van der Waals surface area (Å²) in [6.45, 7) is 11.3. The predicted octanol–water partition coefficient (Wildman–Crippen LogP) is 7.16. The van der Waals surface area contributed by atoms with Gasteiger partial charge in [-0.25, -0.2) is 0 Å². The van der Waals surface area contributed by atoms with Gasteiger partial charge in [0, 0.05) is 16.2 Å². The van der Waals surface area contributed by atoms with E-state index in [1.165, 1.54) is 32.7 Å². The monoisotopic (exact) mass is 316 g/mol. The van der Waals surface area contributed by atoms with E-state index in [-0.39, 0.29) is 5.41 Å². The van der Waals surface area contributed by atoms with Crippen LogP contribution in [0.3, 0.4) is 0 Å². The van der Waals surface area contributed by atoms with Gasteiger partial charge in [-0.2, -0.15) is 0 Å². The Bertz CT molecular complexity index is 1060. The normalized spacial score (nSPS) is 12.8. The van der Waals surface area contributed by atoms with E-state index in [9.17, 15) is 0 Å². The Morgan fingerprint density at radius 2 is 1.54 bits per heavy atom. The Kier molecular flexibility index (Phi) is 3.25. The summed E-state index contributed by atoms with van der Waals surface area (Å²) in [6, 6.07) is 17.4. The number of fused-ring (bicyclic) bond motifs is 5. The zero-order valence-electron chi connectivity index (χ0n) is 15.1. The van der Waals surface area contributed by atoms with Crippen LogP contribution in [0.25, 0.3) is 32.7 Å². The molecule has 1 heterocycles. The molecule has 0 amide bonds. The van der Waals surface area contributed by atoms with E-state index in [0.29, 0.717) is 5.92 Å². The molecule has 122 valence electrons. The highest BCUT2D eigenvalue weighted by molar-refractivity contribution is 6.17. The molecule has 0 aliphatic heterocycles. The Morgan fingerprint density at radius 3 is 2.21 bits per heavy atom. The lowest BCUT2D eigenvalue weighted by Crippen LogP contribution is -2.11. The van der Waals surface area contributed by atoms with E-state index in [1.807, 2.05) is 0 Å². The summed E-state index contributed by atoms with van der Waals surface area (Å²) in [5, 5.41) is 5.04. The fourth-order valence-corrected chi connectivity index (χ4v) is 3.78. The molecule has 3 aromatic carbocycles. The van der Waals surface area contributed by atoms with Gasteiger partial charge in [-0.15, -0.1) is 0 Å². The molecule has 0 aliphatic rings. The molecule has 24 heavy (non-hydrogen) atoms. The maximum Gasteiger partial charge on any atom is 0.143 e. The van der Waals surface area contributed by atoms with Crippen LogP contribution in [0.4, 0.5) is 0 Å². The van der Waals surface area contributed by atoms with Crippen molar-refractivity contribution < 1.29 is 4.42 Å². The van der Waals surface area contributed by atoms with Gasteiger partial charge in [0.1, 0.15) is 11.2 Å². The van der Waals surface area contributed by atoms with Crippen molar-refractivity contribution in [2.24, 2.45) is 0 Å². The van der Waals surface area contributed by atoms with Crippen molar-refractivity contribution in [3.05, 3.63) is 59.7 Å². The zero-order chi connectivity index (χ0) is 17.1. The molecule has 0 atom stereocenters. The van der Waals surface area contributed by atoms with Crippen LogP contribution in [-0.2, 0) is 5.41 Å². The van der Waals surface area contributed by atoms with Crippen LogP contribution in [-0.4, -0.2) is 0 Å². The van der Waals surface area contributed by atoms with Crippen LogP contribution >= 0.6 is 0 Å². The highest BCUT2D eigenvalue weighted by Crippen LogP contribution is 2.41. The van der Waals surface area contributed by atoms with Crippen molar-refractivity contribution in [2.45, 2.75) is 46.0 Å². The summed E-state index contributed by atoms with van der Waals surface area (Å²) in [6.07, 6.45) is 0. The highest BCUT2D eigenvalue weighted by Gasteiger charge is 2.22. The van der Waals surface area contributed by atoms with Gasteiger partial charge in [-0.3, -0.25) is 0 Å². The molecule has 0 saturated heterocycles. The molecular formula is C23H24O. The molecule has 0 saturated carbocycles. The van der Waals surface area contributed by atoms with Crippen LogP contribution < -0.4 is 0 Å².